The van der Waals surface area contributed by atoms with E-state index in [9.17, 15) is 0 Å². The van der Waals surface area contributed by atoms with Gasteiger partial charge in [0, 0.05) is 16.5 Å². The summed E-state index contributed by atoms with van der Waals surface area (Å²) in [6, 6.07) is 8.54. The highest BCUT2D eigenvalue weighted by molar-refractivity contribution is 7.98. The molecule has 1 heterocycles. The second-order valence-electron chi connectivity index (χ2n) is 4.28. The van der Waals surface area contributed by atoms with E-state index in [0.717, 1.165) is 5.56 Å². The van der Waals surface area contributed by atoms with E-state index in [0.29, 0.717) is 24.3 Å². The molecule has 4 nitrogen and oxygen atoms in total. The summed E-state index contributed by atoms with van der Waals surface area (Å²) in [5, 5.41) is 7.23. The molecule has 18 heavy (non-hydrogen) atoms. The fraction of sp³-hybridized carbons (Fsp3) is 0.385. The van der Waals surface area contributed by atoms with Gasteiger partial charge in [0.05, 0.1) is 6.54 Å². The van der Waals surface area contributed by atoms with Crippen LogP contribution in [0.25, 0.3) is 11.4 Å². The molecule has 1 N–H and O–H groups in total. The summed E-state index contributed by atoms with van der Waals surface area (Å²) in [5.41, 5.74) is 0.979. The monoisotopic (exact) mass is 263 g/mol. The van der Waals surface area contributed by atoms with E-state index in [1.165, 1.54) is 4.90 Å². The fourth-order valence-corrected chi connectivity index (χ4v) is 1.88. The van der Waals surface area contributed by atoms with Gasteiger partial charge in [-0.3, -0.25) is 0 Å². The summed E-state index contributed by atoms with van der Waals surface area (Å²) in [5.74, 6) is 1.26. The lowest BCUT2D eigenvalue weighted by molar-refractivity contribution is 0.362. The van der Waals surface area contributed by atoms with Crippen LogP contribution in [0.4, 0.5) is 0 Å². The van der Waals surface area contributed by atoms with Crippen molar-refractivity contribution in [3.8, 4) is 11.4 Å². The molecule has 0 aliphatic carbocycles. The predicted molar refractivity (Wildman–Crippen MR) is 73.5 cm³/mol. The minimum atomic E-state index is 0.404. The average Bonchev–Trinajstić information content (AvgIpc) is 2.85. The minimum Gasteiger partial charge on any atom is -0.338 e. The average molecular weight is 263 g/mol. The van der Waals surface area contributed by atoms with Crippen molar-refractivity contribution in [1.29, 1.82) is 0 Å². The molecule has 2 rings (SSSR count). The zero-order chi connectivity index (χ0) is 13.0. The normalized spacial score (nSPS) is 11.1. The molecular formula is C13H17N3OS. The first kappa shape index (κ1) is 13.1. The lowest BCUT2D eigenvalue weighted by Crippen LogP contribution is -2.21. The summed E-state index contributed by atoms with van der Waals surface area (Å²) in [7, 11) is 0. The maximum Gasteiger partial charge on any atom is 0.240 e. The topological polar surface area (TPSA) is 51.0 Å². The lowest BCUT2D eigenvalue weighted by atomic mass is 10.2. The number of hydrogen-bond acceptors (Lipinski definition) is 5. The number of nitrogens with one attached hydrogen (secondary N) is 1. The Hall–Kier alpha value is -1.33. The second-order valence-corrected chi connectivity index (χ2v) is 5.16. The molecule has 0 unspecified atom stereocenters. The summed E-state index contributed by atoms with van der Waals surface area (Å²) in [4.78, 5) is 5.59. The quantitative estimate of drug-likeness (QED) is 0.840. The highest BCUT2D eigenvalue weighted by atomic mass is 32.2. The van der Waals surface area contributed by atoms with Gasteiger partial charge in [0.2, 0.25) is 11.7 Å². The van der Waals surface area contributed by atoms with Crippen LogP contribution in [0.3, 0.4) is 0 Å². The van der Waals surface area contributed by atoms with E-state index >= 15 is 0 Å². The summed E-state index contributed by atoms with van der Waals surface area (Å²) < 4.78 is 5.20. The van der Waals surface area contributed by atoms with Crippen molar-refractivity contribution in [3.63, 3.8) is 0 Å². The van der Waals surface area contributed by atoms with Crippen molar-refractivity contribution in [2.75, 3.05) is 6.26 Å². The highest BCUT2D eigenvalue weighted by Gasteiger charge is 2.08. The van der Waals surface area contributed by atoms with Gasteiger partial charge in [0.25, 0.3) is 0 Å². The Kier molecular flexibility index (Phi) is 4.38. The van der Waals surface area contributed by atoms with Crippen molar-refractivity contribution < 1.29 is 4.52 Å². The van der Waals surface area contributed by atoms with E-state index in [4.69, 9.17) is 4.52 Å². The summed E-state index contributed by atoms with van der Waals surface area (Å²) in [6.07, 6.45) is 2.05. The second kappa shape index (κ2) is 6.02. The number of hydrogen-bond donors (Lipinski definition) is 1. The van der Waals surface area contributed by atoms with Gasteiger partial charge in [-0.2, -0.15) is 4.98 Å². The van der Waals surface area contributed by atoms with Crippen LogP contribution in [-0.2, 0) is 6.54 Å². The van der Waals surface area contributed by atoms with Gasteiger partial charge in [-0.25, -0.2) is 0 Å². The van der Waals surface area contributed by atoms with Crippen molar-refractivity contribution >= 4 is 11.8 Å². The van der Waals surface area contributed by atoms with Crippen LogP contribution < -0.4 is 5.32 Å². The van der Waals surface area contributed by atoms with Gasteiger partial charge >= 0.3 is 0 Å². The molecule has 96 valence electrons. The standard InChI is InChI=1S/C13H17N3OS/c1-9(2)14-8-12-15-13(16-17-12)10-4-6-11(18-3)7-5-10/h4-7,9,14H,8H2,1-3H3. The van der Waals surface area contributed by atoms with Gasteiger partial charge in [0.1, 0.15) is 0 Å². The number of benzene rings is 1. The van der Waals surface area contributed by atoms with Gasteiger partial charge in [0.15, 0.2) is 0 Å². The largest absolute Gasteiger partial charge is 0.338 e. The van der Waals surface area contributed by atoms with E-state index < -0.39 is 0 Å². The third-order valence-electron chi connectivity index (χ3n) is 2.48. The third kappa shape index (κ3) is 3.34. The zero-order valence-electron chi connectivity index (χ0n) is 10.8. The molecule has 0 saturated heterocycles. The van der Waals surface area contributed by atoms with Crippen LogP contribution in [0.15, 0.2) is 33.7 Å². The molecule has 0 spiro atoms. The van der Waals surface area contributed by atoms with Crippen molar-refractivity contribution in [2.24, 2.45) is 0 Å². The Bertz CT molecular complexity index is 493. The molecule has 0 bridgehead atoms. The smallest absolute Gasteiger partial charge is 0.240 e. The molecule has 5 heteroatoms. The molecular weight excluding hydrogens is 246 g/mol. The van der Waals surface area contributed by atoms with Crippen molar-refractivity contribution in [3.05, 3.63) is 30.2 Å². The van der Waals surface area contributed by atoms with Gasteiger partial charge < -0.3 is 9.84 Å². The Morgan fingerprint density at radius 1 is 1.28 bits per heavy atom. The summed E-state index contributed by atoms with van der Waals surface area (Å²) in [6.45, 7) is 4.77. The van der Waals surface area contributed by atoms with Crippen LogP contribution >= 0.6 is 11.8 Å². The number of nitrogens with zero attached hydrogens (tertiary/aromatic N) is 2. The first-order valence-corrected chi connectivity index (χ1v) is 7.12. The van der Waals surface area contributed by atoms with E-state index in [1.807, 2.05) is 12.1 Å². The molecule has 0 aliphatic heterocycles. The third-order valence-corrected chi connectivity index (χ3v) is 3.22. The maximum atomic E-state index is 5.20. The molecule has 0 amide bonds. The van der Waals surface area contributed by atoms with Crippen LogP contribution in [0, 0.1) is 0 Å². The van der Waals surface area contributed by atoms with Crippen LogP contribution in [0.2, 0.25) is 0 Å². The fourth-order valence-electron chi connectivity index (χ4n) is 1.48. The van der Waals surface area contributed by atoms with E-state index in [-0.39, 0.29) is 0 Å². The minimum absolute atomic E-state index is 0.404. The van der Waals surface area contributed by atoms with Gasteiger partial charge in [-0.15, -0.1) is 11.8 Å². The van der Waals surface area contributed by atoms with Crippen LogP contribution in [0.1, 0.15) is 19.7 Å². The maximum absolute atomic E-state index is 5.20. The van der Waals surface area contributed by atoms with Crippen molar-refractivity contribution in [2.45, 2.75) is 31.3 Å². The van der Waals surface area contributed by atoms with E-state index in [1.54, 1.807) is 11.8 Å². The molecule has 0 aliphatic rings. The molecule has 2 aromatic rings. The van der Waals surface area contributed by atoms with E-state index in [2.05, 4.69) is 47.7 Å². The molecule has 1 aromatic heterocycles. The number of thioether (sulfide) groups is 1. The van der Waals surface area contributed by atoms with Crippen LogP contribution in [0.5, 0.6) is 0 Å². The summed E-state index contributed by atoms with van der Waals surface area (Å²) >= 11 is 1.71. The molecule has 1 aromatic carbocycles. The number of aromatic nitrogens is 2. The Morgan fingerprint density at radius 3 is 2.61 bits per heavy atom. The molecule has 0 radical (unpaired) electrons. The molecule has 0 fully saturated rings. The SMILES string of the molecule is CSc1ccc(-c2noc(CNC(C)C)n2)cc1. The van der Waals surface area contributed by atoms with Gasteiger partial charge in [-0.05, 0) is 30.5 Å². The predicted octanol–water partition coefficient (Wildman–Crippen LogP) is 2.96. The Balaban J connectivity index is 2.08. The highest BCUT2D eigenvalue weighted by Crippen LogP contribution is 2.20. The Labute approximate surface area is 111 Å². The first-order chi connectivity index (χ1) is 8.69. The molecule has 0 atom stereocenters. The first-order valence-electron chi connectivity index (χ1n) is 5.89. The molecule has 0 saturated carbocycles. The van der Waals surface area contributed by atoms with Crippen molar-refractivity contribution in [1.82, 2.24) is 15.5 Å². The van der Waals surface area contributed by atoms with Gasteiger partial charge in [-0.1, -0.05) is 19.0 Å². The lowest BCUT2D eigenvalue weighted by Gasteiger charge is -2.02. The zero-order valence-corrected chi connectivity index (χ0v) is 11.6. The Morgan fingerprint density at radius 2 is 2.00 bits per heavy atom. The number of rotatable bonds is 5. The van der Waals surface area contributed by atoms with Crippen LogP contribution in [-0.4, -0.2) is 22.4 Å².